The van der Waals surface area contributed by atoms with E-state index in [0.29, 0.717) is 11.5 Å². The van der Waals surface area contributed by atoms with E-state index in [1.807, 2.05) is 0 Å². The van der Waals surface area contributed by atoms with Gasteiger partial charge in [0.2, 0.25) is 12.6 Å². The SMILES string of the molecule is C=C(C)C(=O)OC(C)Oc1ccccc1OC(C)OC(=O)C(=C)C. The summed E-state index contributed by atoms with van der Waals surface area (Å²) in [6, 6.07) is 6.77. The minimum Gasteiger partial charge on any atom is -0.451 e. The van der Waals surface area contributed by atoms with Crippen LogP contribution in [0.3, 0.4) is 0 Å². The highest BCUT2D eigenvalue weighted by Gasteiger charge is 2.17. The zero-order chi connectivity index (χ0) is 18.3. The van der Waals surface area contributed by atoms with E-state index in [1.165, 1.54) is 0 Å². The van der Waals surface area contributed by atoms with Gasteiger partial charge in [-0.1, -0.05) is 25.3 Å². The summed E-state index contributed by atoms with van der Waals surface area (Å²) in [7, 11) is 0. The van der Waals surface area contributed by atoms with Gasteiger partial charge in [-0.15, -0.1) is 0 Å². The number of ether oxygens (including phenoxy) is 4. The lowest BCUT2D eigenvalue weighted by atomic mass is 10.3. The van der Waals surface area contributed by atoms with Gasteiger partial charge in [0, 0.05) is 25.0 Å². The number of hydrogen-bond donors (Lipinski definition) is 0. The van der Waals surface area contributed by atoms with Crippen LogP contribution in [0.5, 0.6) is 11.5 Å². The summed E-state index contributed by atoms with van der Waals surface area (Å²) in [4.78, 5) is 23.0. The number of para-hydroxylation sites is 2. The maximum atomic E-state index is 11.5. The quantitative estimate of drug-likeness (QED) is 0.412. The van der Waals surface area contributed by atoms with Crippen LogP contribution in [0.25, 0.3) is 0 Å². The molecule has 0 N–H and O–H groups in total. The van der Waals surface area contributed by atoms with Crippen LogP contribution in [0.1, 0.15) is 27.7 Å². The second-order valence-electron chi connectivity index (χ2n) is 5.19. The highest BCUT2D eigenvalue weighted by atomic mass is 16.7. The molecule has 0 fully saturated rings. The molecule has 0 aliphatic carbocycles. The number of carbonyl (C=O) groups excluding carboxylic acids is 2. The summed E-state index contributed by atoms with van der Waals surface area (Å²) >= 11 is 0. The highest BCUT2D eigenvalue weighted by molar-refractivity contribution is 5.87. The minimum absolute atomic E-state index is 0.273. The summed E-state index contributed by atoms with van der Waals surface area (Å²) in [6.45, 7) is 13.2. The number of esters is 2. The van der Waals surface area contributed by atoms with Crippen LogP contribution >= 0.6 is 0 Å². The molecule has 1 rings (SSSR count). The molecule has 0 radical (unpaired) electrons. The van der Waals surface area contributed by atoms with Crippen LogP contribution in [0.15, 0.2) is 48.6 Å². The maximum Gasteiger partial charge on any atom is 0.336 e. The van der Waals surface area contributed by atoms with E-state index >= 15 is 0 Å². The van der Waals surface area contributed by atoms with E-state index in [1.54, 1.807) is 52.0 Å². The summed E-state index contributed by atoms with van der Waals surface area (Å²) < 4.78 is 21.2. The zero-order valence-corrected chi connectivity index (χ0v) is 14.3. The van der Waals surface area contributed by atoms with Crippen LogP contribution in [0.2, 0.25) is 0 Å². The van der Waals surface area contributed by atoms with E-state index in [-0.39, 0.29) is 11.1 Å². The monoisotopic (exact) mass is 334 g/mol. The number of rotatable bonds is 8. The van der Waals surface area contributed by atoms with Crippen LogP contribution in [0, 0.1) is 0 Å². The van der Waals surface area contributed by atoms with Crippen molar-refractivity contribution in [3.8, 4) is 11.5 Å². The topological polar surface area (TPSA) is 71.1 Å². The van der Waals surface area contributed by atoms with Gasteiger partial charge in [-0.3, -0.25) is 0 Å². The van der Waals surface area contributed by atoms with Crippen molar-refractivity contribution >= 4 is 11.9 Å². The number of benzene rings is 1. The van der Waals surface area contributed by atoms with Gasteiger partial charge in [0.15, 0.2) is 11.5 Å². The lowest BCUT2D eigenvalue weighted by Gasteiger charge is -2.20. The zero-order valence-electron chi connectivity index (χ0n) is 14.3. The standard InChI is InChI=1S/C18H22O6/c1-11(2)17(19)23-13(5)21-15-9-7-8-10-16(15)22-14(6)24-18(20)12(3)4/h7-10,13-14H,1,3H2,2,4-6H3. The smallest absolute Gasteiger partial charge is 0.336 e. The Morgan fingerprint density at radius 2 is 1.17 bits per heavy atom. The minimum atomic E-state index is -0.841. The largest absolute Gasteiger partial charge is 0.451 e. The Bertz CT molecular complexity index is 579. The van der Waals surface area contributed by atoms with Gasteiger partial charge in [0.05, 0.1) is 0 Å². The average Bonchev–Trinajstić information content (AvgIpc) is 2.48. The molecule has 1 aromatic carbocycles. The van der Waals surface area contributed by atoms with Crippen molar-refractivity contribution < 1.29 is 28.5 Å². The molecule has 0 amide bonds. The maximum absolute atomic E-state index is 11.5. The van der Waals surface area contributed by atoms with Crippen molar-refractivity contribution in [2.75, 3.05) is 0 Å². The molecule has 0 aliphatic rings. The molecule has 0 bridgehead atoms. The van der Waals surface area contributed by atoms with Crippen molar-refractivity contribution in [2.45, 2.75) is 40.3 Å². The average molecular weight is 334 g/mol. The molecule has 0 saturated carbocycles. The molecule has 1 aromatic rings. The third kappa shape index (κ3) is 6.16. The number of hydrogen-bond acceptors (Lipinski definition) is 6. The Morgan fingerprint density at radius 1 is 0.833 bits per heavy atom. The molecule has 0 aromatic heterocycles. The molecule has 6 nitrogen and oxygen atoms in total. The molecule has 0 spiro atoms. The molecule has 0 aliphatic heterocycles. The predicted octanol–water partition coefficient (Wildman–Crippen LogP) is 3.37. The summed E-state index contributed by atoms with van der Waals surface area (Å²) in [5.41, 5.74) is 0.547. The molecule has 6 heteroatoms. The van der Waals surface area contributed by atoms with Crippen molar-refractivity contribution in [2.24, 2.45) is 0 Å². The van der Waals surface area contributed by atoms with Gasteiger partial charge in [0.25, 0.3) is 0 Å². The molecule has 2 atom stereocenters. The van der Waals surface area contributed by atoms with E-state index < -0.39 is 24.5 Å². The predicted molar refractivity (Wildman–Crippen MR) is 88.4 cm³/mol. The molecule has 2 unspecified atom stereocenters. The van der Waals surface area contributed by atoms with Crippen molar-refractivity contribution in [1.82, 2.24) is 0 Å². The molecule has 24 heavy (non-hydrogen) atoms. The molecular weight excluding hydrogens is 312 g/mol. The first-order valence-electron chi connectivity index (χ1n) is 7.36. The molecule has 130 valence electrons. The van der Waals surface area contributed by atoms with Gasteiger partial charge in [0.1, 0.15) is 0 Å². The molecule has 0 heterocycles. The Morgan fingerprint density at radius 3 is 1.46 bits per heavy atom. The van der Waals surface area contributed by atoms with E-state index in [2.05, 4.69) is 13.2 Å². The van der Waals surface area contributed by atoms with Gasteiger partial charge in [-0.25, -0.2) is 9.59 Å². The first-order valence-corrected chi connectivity index (χ1v) is 7.36. The summed E-state index contributed by atoms with van der Waals surface area (Å²) in [5.74, 6) is -0.412. The summed E-state index contributed by atoms with van der Waals surface area (Å²) in [5, 5.41) is 0. The van der Waals surface area contributed by atoms with Gasteiger partial charge >= 0.3 is 11.9 Å². The lowest BCUT2D eigenvalue weighted by molar-refractivity contribution is -0.159. The Labute approximate surface area is 141 Å². The van der Waals surface area contributed by atoms with Crippen LogP contribution in [-0.2, 0) is 19.1 Å². The van der Waals surface area contributed by atoms with Crippen molar-refractivity contribution in [1.29, 1.82) is 0 Å². The third-order valence-corrected chi connectivity index (χ3v) is 2.68. The van der Waals surface area contributed by atoms with Crippen LogP contribution in [-0.4, -0.2) is 24.5 Å². The van der Waals surface area contributed by atoms with E-state index in [4.69, 9.17) is 18.9 Å². The second kappa shape index (κ2) is 8.76. The van der Waals surface area contributed by atoms with Gasteiger partial charge in [-0.05, 0) is 26.0 Å². The fraction of sp³-hybridized carbons (Fsp3) is 0.333. The lowest BCUT2D eigenvalue weighted by Crippen LogP contribution is -2.23. The fourth-order valence-corrected chi connectivity index (χ4v) is 1.55. The van der Waals surface area contributed by atoms with Gasteiger partial charge in [-0.2, -0.15) is 0 Å². The van der Waals surface area contributed by atoms with Crippen LogP contribution in [0.4, 0.5) is 0 Å². The van der Waals surface area contributed by atoms with E-state index in [0.717, 1.165) is 0 Å². The Kier molecular flexibility index (Phi) is 7.04. The van der Waals surface area contributed by atoms with E-state index in [9.17, 15) is 9.59 Å². The van der Waals surface area contributed by atoms with Crippen molar-refractivity contribution in [3.63, 3.8) is 0 Å². The van der Waals surface area contributed by atoms with Crippen LogP contribution < -0.4 is 9.47 Å². The third-order valence-electron chi connectivity index (χ3n) is 2.68. The first-order chi connectivity index (χ1) is 11.2. The highest BCUT2D eigenvalue weighted by Crippen LogP contribution is 2.29. The van der Waals surface area contributed by atoms with Gasteiger partial charge < -0.3 is 18.9 Å². The fourth-order valence-electron chi connectivity index (χ4n) is 1.55. The second-order valence-corrected chi connectivity index (χ2v) is 5.19. The Balaban J connectivity index is 2.74. The number of carbonyl (C=O) groups is 2. The normalized spacial score (nSPS) is 12.5. The summed E-state index contributed by atoms with van der Waals surface area (Å²) in [6.07, 6.45) is -1.68. The first kappa shape index (κ1) is 19.3. The molecule has 0 saturated heterocycles. The Hall–Kier alpha value is -2.76. The molecular formula is C18H22O6. The van der Waals surface area contributed by atoms with Crippen molar-refractivity contribution in [3.05, 3.63) is 48.6 Å².